The first-order valence-electron chi connectivity index (χ1n) is 10.9. The average molecular weight is 443 g/mol. The molecule has 170 valence electrons. The van der Waals surface area contributed by atoms with Crippen LogP contribution in [0.1, 0.15) is 77.0 Å². The Morgan fingerprint density at radius 1 is 1.23 bits per heavy atom. The van der Waals surface area contributed by atoms with Gasteiger partial charge in [-0.1, -0.05) is 46.0 Å². The highest BCUT2D eigenvalue weighted by Crippen LogP contribution is 2.32. The molecular formula is C21H34N2O6S. The number of esters is 1. The van der Waals surface area contributed by atoms with Gasteiger partial charge in [0.15, 0.2) is 17.1 Å². The Balaban J connectivity index is 2.09. The summed E-state index contributed by atoms with van der Waals surface area (Å²) in [5.41, 5.74) is 0.274. The quantitative estimate of drug-likeness (QED) is 0.259. The average Bonchev–Trinajstić information content (AvgIpc) is 3.02. The van der Waals surface area contributed by atoms with Crippen LogP contribution in [-0.4, -0.2) is 50.7 Å². The van der Waals surface area contributed by atoms with E-state index < -0.39 is 37.1 Å². The number of rotatable bonds is 12. The van der Waals surface area contributed by atoms with Crippen LogP contribution in [0.4, 0.5) is 0 Å². The van der Waals surface area contributed by atoms with E-state index in [9.17, 15) is 19.8 Å². The summed E-state index contributed by atoms with van der Waals surface area (Å²) < 4.78 is 12.8. The summed E-state index contributed by atoms with van der Waals surface area (Å²) in [7, 11) is 0. The number of nitrogens with one attached hydrogen (secondary N) is 1. The van der Waals surface area contributed by atoms with E-state index in [4.69, 9.17) is 21.7 Å². The number of aliphatic hydroxyl groups excluding tert-OH is 2. The molecule has 1 aromatic rings. The van der Waals surface area contributed by atoms with Gasteiger partial charge in [-0.2, -0.15) is 0 Å². The number of H-pyrrole nitrogens is 1. The van der Waals surface area contributed by atoms with Gasteiger partial charge in [0, 0.05) is 18.2 Å². The number of unbranched alkanes of at least 4 members (excludes halogenated alkanes) is 5. The minimum atomic E-state index is -1.22. The Labute approximate surface area is 182 Å². The summed E-state index contributed by atoms with van der Waals surface area (Å²) in [5, 5.41) is 20.5. The van der Waals surface area contributed by atoms with Gasteiger partial charge in [0.05, 0.1) is 6.61 Å². The first kappa shape index (κ1) is 24.7. The summed E-state index contributed by atoms with van der Waals surface area (Å²) in [5.74, 6) is -0.424. The largest absolute Gasteiger partial charge is 0.457 e. The van der Waals surface area contributed by atoms with E-state index in [1.807, 2.05) is 6.92 Å². The second-order valence-electron chi connectivity index (χ2n) is 7.78. The number of carbonyl (C=O) groups excluding carboxylic acids is 1. The second-order valence-corrected chi connectivity index (χ2v) is 8.17. The number of aryl methyl sites for hydroxylation is 1. The smallest absolute Gasteiger partial charge is 0.306 e. The summed E-state index contributed by atoms with van der Waals surface area (Å²) in [6, 6.07) is 0. The lowest BCUT2D eigenvalue weighted by Crippen LogP contribution is -2.38. The summed E-state index contributed by atoms with van der Waals surface area (Å²) in [6.45, 7) is 3.74. The Bertz CT molecular complexity index is 792. The lowest BCUT2D eigenvalue weighted by atomic mass is 10.1. The van der Waals surface area contributed by atoms with E-state index in [-0.39, 0.29) is 16.8 Å². The number of ether oxygens (including phenoxy) is 2. The molecule has 0 bridgehead atoms. The Morgan fingerprint density at radius 3 is 2.60 bits per heavy atom. The van der Waals surface area contributed by atoms with Crippen molar-refractivity contribution >= 4 is 18.2 Å². The first-order valence-corrected chi connectivity index (χ1v) is 11.3. The van der Waals surface area contributed by atoms with E-state index >= 15 is 0 Å². The predicted molar refractivity (Wildman–Crippen MR) is 115 cm³/mol. The van der Waals surface area contributed by atoms with Gasteiger partial charge >= 0.3 is 5.97 Å². The fourth-order valence-electron chi connectivity index (χ4n) is 3.59. The van der Waals surface area contributed by atoms with Gasteiger partial charge < -0.3 is 19.7 Å². The number of aromatic amines is 1. The Kier molecular flexibility index (Phi) is 10.2. The van der Waals surface area contributed by atoms with E-state index in [1.54, 1.807) is 6.20 Å². The van der Waals surface area contributed by atoms with Crippen molar-refractivity contribution in [3.8, 4) is 0 Å². The third kappa shape index (κ3) is 6.47. The molecule has 0 radical (unpaired) electrons. The van der Waals surface area contributed by atoms with Crippen molar-refractivity contribution in [2.24, 2.45) is 0 Å². The van der Waals surface area contributed by atoms with E-state index in [2.05, 4.69) is 11.9 Å². The maximum absolute atomic E-state index is 12.2. The number of aliphatic hydroxyl groups is 2. The van der Waals surface area contributed by atoms with Crippen LogP contribution in [0.15, 0.2) is 11.0 Å². The zero-order valence-corrected chi connectivity index (χ0v) is 18.7. The Morgan fingerprint density at radius 2 is 1.93 bits per heavy atom. The molecule has 30 heavy (non-hydrogen) atoms. The van der Waals surface area contributed by atoms with Crippen LogP contribution >= 0.6 is 12.2 Å². The van der Waals surface area contributed by atoms with Crippen molar-refractivity contribution in [1.29, 1.82) is 0 Å². The molecule has 0 saturated carbocycles. The molecule has 8 nitrogen and oxygen atoms in total. The van der Waals surface area contributed by atoms with Crippen molar-refractivity contribution in [3.63, 3.8) is 0 Å². The van der Waals surface area contributed by atoms with Crippen LogP contribution in [0.5, 0.6) is 0 Å². The first-order chi connectivity index (χ1) is 14.4. The maximum Gasteiger partial charge on any atom is 0.306 e. The molecule has 9 heteroatoms. The van der Waals surface area contributed by atoms with Crippen molar-refractivity contribution in [1.82, 2.24) is 9.55 Å². The third-order valence-corrected chi connectivity index (χ3v) is 5.67. The molecule has 0 amide bonds. The highest BCUT2D eigenvalue weighted by Gasteiger charge is 2.47. The molecule has 1 aromatic heterocycles. The molecule has 0 unspecified atom stereocenters. The van der Waals surface area contributed by atoms with Gasteiger partial charge in [-0.05, 0) is 31.5 Å². The van der Waals surface area contributed by atoms with Gasteiger partial charge in [0.1, 0.15) is 12.2 Å². The number of nitrogens with zero attached hydrogens (tertiary/aromatic N) is 1. The van der Waals surface area contributed by atoms with E-state index in [0.29, 0.717) is 12.0 Å². The van der Waals surface area contributed by atoms with Crippen molar-refractivity contribution in [3.05, 3.63) is 26.9 Å². The van der Waals surface area contributed by atoms with Crippen molar-refractivity contribution in [2.75, 3.05) is 6.61 Å². The van der Waals surface area contributed by atoms with Gasteiger partial charge in [-0.15, -0.1) is 0 Å². The summed E-state index contributed by atoms with van der Waals surface area (Å²) >= 11 is 5.24. The predicted octanol–water partition coefficient (Wildman–Crippen LogP) is 2.77. The summed E-state index contributed by atoms with van der Waals surface area (Å²) in [4.78, 5) is 27.0. The maximum atomic E-state index is 12.2. The standard InChI is InChI=1S/C21H34N2O6S/c1-3-5-7-8-9-11-16(25)29-18-15(13-24)28-20(17(18)26)23-12-14(10-6-4-2)19(27)22-21(23)30/h12,15,17-18,20,24,26H,3-11,13H2,1-2H3,(H,22,27,30)/t15-,17+,18-,20-/m1/s1. The van der Waals surface area contributed by atoms with Crippen LogP contribution in [0, 0.1) is 4.77 Å². The van der Waals surface area contributed by atoms with Crippen LogP contribution in [0.2, 0.25) is 0 Å². The molecule has 0 aliphatic carbocycles. The third-order valence-electron chi connectivity index (χ3n) is 5.36. The highest BCUT2D eigenvalue weighted by molar-refractivity contribution is 7.71. The normalized spacial score (nSPS) is 23.6. The van der Waals surface area contributed by atoms with Crippen LogP contribution in [0.3, 0.4) is 0 Å². The van der Waals surface area contributed by atoms with Crippen LogP contribution in [0.25, 0.3) is 0 Å². The molecule has 0 aromatic carbocycles. The molecule has 1 saturated heterocycles. The van der Waals surface area contributed by atoms with E-state index in [1.165, 1.54) is 4.57 Å². The molecule has 3 N–H and O–H groups in total. The van der Waals surface area contributed by atoms with Gasteiger partial charge in [-0.25, -0.2) is 0 Å². The number of carbonyl (C=O) groups is 1. The number of aromatic nitrogens is 2. The van der Waals surface area contributed by atoms with Crippen LogP contribution < -0.4 is 5.56 Å². The van der Waals surface area contributed by atoms with Gasteiger partial charge in [-0.3, -0.25) is 19.1 Å². The van der Waals surface area contributed by atoms with Crippen molar-refractivity contribution < 1.29 is 24.5 Å². The molecule has 1 aliphatic heterocycles. The molecular weight excluding hydrogens is 408 g/mol. The minimum Gasteiger partial charge on any atom is -0.457 e. The number of hydrogen-bond donors (Lipinski definition) is 3. The topological polar surface area (TPSA) is 114 Å². The lowest BCUT2D eigenvalue weighted by Gasteiger charge is -2.21. The fourth-order valence-corrected chi connectivity index (χ4v) is 3.84. The number of hydrogen-bond acceptors (Lipinski definition) is 7. The van der Waals surface area contributed by atoms with Crippen LogP contribution in [-0.2, 0) is 20.7 Å². The monoisotopic (exact) mass is 442 g/mol. The second kappa shape index (κ2) is 12.3. The zero-order chi connectivity index (χ0) is 22.1. The van der Waals surface area contributed by atoms with Crippen molar-refractivity contribution in [2.45, 2.75) is 96.2 Å². The van der Waals surface area contributed by atoms with Gasteiger partial charge in [0.2, 0.25) is 0 Å². The SMILES string of the molecule is CCCCCCCC(=O)O[C@H]1[C@H](O)[C@H](n2cc(CCCC)c(=O)[nH]c2=S)O[C@@H]1CO. The lowest BCUT2D eigenvalue weighted by molar-refractivity contribution is -0.156. The minimum absolute atomic E-state index is 0.101. The zero-order valence-electron chi connectivity index (χ0n) is 17.8. The molecule has 1 aliphatic rings. The van der Waals surface area contributed by atoms with Gasteiger partial charge in [0.25, 0.3) is 5.56 Å². The highest BCUT2D eigenvalue weighted by atomic mass is 32.1. The molecule has 2 heterocycles. The molecule has 1 fully saturated rings. The molecule has 0 spiro atoms. The Hall–Kier alpha value is -1.55. The van der Waals surface area contributed by atoms with E-state index in [0.717, 1.165) is 44.9 Å². The molecule has 2 rings (SSSR count). The molecule has 4 atom stereocenters. The fraction of sp³-hybridized carbons (Fsp3) is 0.762. The summed E-state index contributed by atoms with van der Waals surface area (Å²) in [6.07, 6.45) is 5.14.